The zero-order valence-electron chi connectivity index (χ0n) is 39.9. The van der Waals surface area contributed by atoms with Crippen LogP contribution in [0, 0.1) is 29.1 Å². The van der Waals surface area contributed by atoms with Gasteiger partial charge in [-0.05, 0) is 121 Å². The Bertz CT molecular complexity index is 2710. The maximum absolute atomic E-state index is 15.6. The van der Waals surface area contributed by atoms with E-state index in [-0.39, 0.29) is 69.8 Å². The number of nitrogens with zero attached hydrogens (tertiary/aromatic N) is 3. The van der Waals surface area contributed by atoms with Gasteiger partial charge >= 0.3 is 0 Å². The van der Waals surface area contributed by atoms with Gasteiger partial charge < -0.3 is 43.6 Å². The monoisotopic (exact) mass is 975 g/mol. The van der Waals surface area contributed by atoms with Crippen molar-refractivity contribution in [2.24, 2.45) is 22.9 Å². The lowest BCUT2D eigenvalue weighted by Crippen LogP contribution is -2.70. The number of benzene rings is 5. The van der Waals surface area contributed by atoms with E-state index in [2.05, 4.69) is 36.9 Å². The zero-order valence-corrected chi connectivity index (χ0v) is 40.7. The first kappa shape index (κ1) is 49.4. The summed E-state index contributed by atoms with van der Waals surface area (Å²) >= 11 is 1.74. The molecule has 0 radical (unpaired) electrons. The molecule has 5 aromatic carbocycles. The number of aliphatic hydroxyl groups excluding tert-OH is 2. The summed E-state index contributed by atoms with van der Waals surface area (Å²) in [7, 11) is 0. The molecule has 12 nitrogen and oxygen atoms in total. The van der Waals surface area contributed by atoms with Gasteiger partial charge in [-0.15, -0.1) is 18.3 Å². The molecule has 0 saturated heterocycles. The van der Waals surface area contributed by atoms with Crippen molar-refractivity contribution in [3.63, 3.8) is 0 Å². The summed E-state index contributed by atoms with van der Waals surface area (Å²) in [6.45, 7) is 5.32. The van der Waals surface area contributed by atoms with E-state index in [1.54, 1.807) is 42.1 Å². The second-order valence-electron chi connectivity index (χ2n) is 18.4. The highest BCUT2D eigenvalue weighted by atomic mass is 32.2. The molecule has 368 valence electrons. The third-order valence-electron chi connectivity index (χ3n) is 13.9. The van der Waals surface area contributed by atoms with Gasteiger partial charge in [-0.1, -0.05) is 84.7 Å². The first-order chi connectivity index (χ1) is 34.9. The predicted octanol–water partition coefficient (Wildman–Crippen LogP) is 10.6. The fourth-order valence-corrected chi connectivity index (χ4v) is 11.5. The van der Waals surface area contributed by atoms with Crippen LogP contribution in [0.2, 0.25) is 0 Å². The second kappa shape index (κ2) is 23.6. The maximum Gasteiger partial charge on any atom is 0.254 e. The van der Waals surface area contributed by atoms with Crippen molar-refractivity contribution in [3.05, 3.63) is 173 Å². The molecular formula is C58H61N3O9S. The molecule has 2 aliphatic carbocycles. The molecule has 13 heteroatoms. The topological polar surface area (TPSA) is 152 Å². The Labute approximate surface area is 420 Å². The van der Waals surface area contributed by atoms with E-state index in [0.29, 0.717) is 53.5 Å². The number of nitriles is 1. The van der Waals surface area contributed by atoms with Gasteiger partial charge in [-0.2, -0.15) is 5.26 Å². The van der Waals surface area contributed by atoms with Crippen LogP contribution >= 0.6 is 11.8 Å². The molecule has 71 heavy (non-hydrogen) atoms. The van der Waals surface area contributed by atoms with Crippen LogP contribution in [0.25, 0.3) is 0 Å². The number of rotatable bonds is 23. The number of hydrogen-bond donors (Lipinski definition) is 2. The summed E-state index contributed by atoms with van der Waals surface area (Å²) in [5.41, 5.74) is 5.16. The molecule has 2 N–H and O–H groups in total. The van der Waals surface area contributed by atoms with Gasteiger partial charge in [0, 0.05) is 53.9 Å². The summed E-state index contributed by atoms with van der Waals surface area (Å²) < 4.78 is 32.9. The number of ether oxygens (including phenoxy) is 5. The Balaban J connectivity index is 1.22. The largest absolute Gasteiger partial charge is 0.493 e. The number of aliphatic hydroxyl groups is 2. The minimum atomic E-state index is -1.51. The normalized spacial score (nSPS) is 22.0. The first-order valence-corrected chi connectivity index (χ1v) is 25.7. The number of oxime groups is 1. The van der Waals surface area contributed by atoms with Gasteiger partial charge in [0.2, 0.25) is 12.6 Å². The Kier molecular flexibility index (Phi) is 16.4. The van der Waals surface area contributed by atoms with Crippen molar-refractivity contribution in [1.29, 1.82) is 5.26 Å². The van der Waals surface area contributed by atoms with Crippen molar-refractivity contribution in [3.8, 4) is 29.1 Å². The third kappa shape index (κ3) is 11.2. The Morgan fingerprint density at radius 1 is 0.873 bits per heavy atom. The number of hydrogen-bond acceptors (Lipinski definition) is 12. The van der Waals surface area contributed by atoms with Gasteiger partial charge in [0.1, 0.15) is 24.1 Å². The fraction of sp³-hybridized carbons (Fsp3) is 0.362. The molecule has 6 unspecified atom stereocenters. The molecule has 6 atom stereocenters. The molecule has 2 aliphatic heterocycles. The number of fused-ring (bicyclic) bond motifs is 3. The predicted molar refractivity (Wildman–Crippen MR) is 272 cm³/mol. The second-order valence-corrected chi connectivity index (χ2v) is 19.5. The van der Waals surface area contributed by atoms with E-state index < -0.39 is 17.7 Å². The summed E-state index contributed by atoms with van der Waals surface area (Å²) in [6, 6.07) is 39.9. The minimum Gasteiger partial charge on any atom is -0.493 e. The van der Waals surface area contributed by atoms with E-state index in [9.17, 15) is 15.5 Å². The van der Waals surface area contributed by atoms with E-state index in [0.717, 1.165) is 59.4 Å². The maximum atomic E-state index is 15.6. The summed E-state index contributed by atoms with van der Waals surface area (Å²) in [5.74, 6) is 0.800. The van der Waals surface area contributed by atoms with Crippen LogP contribution in [0.5, 0.6) is 23.0 Å². The molecule has 4 aliphatic rings. The zero-order chi connectivity index (χ0) is 49.0. The molecular weight excluding hydrogens is 915 g/mol. The SMILES string of the molecule is C=CCOC12Oc3ccc(OCCSc4ccccc4)cc3C3C(CCCCO)C(CCCCO)C=C(C(=NOCc4ccccc4)CC1N(Cc1ccc4c(c1)OCO4)C(=O)c1ccc(C#N)cc1)C32. The van der Waals surface area contributed by atoms with E-state index in [4.69, 9.17) is 33.7 Å². The van der Waals surface area contributed by atoms with Crippen molar-refractivity contribution in [2.75, 3.05) is 39.0 Å². The minimum absolute atomic E-state index is 0.0222. The molecule has 9 rings (SSSR count). The van der Waals surface area contributed by atoms with Gasteiger partial charge in [0.15, 0.2) is 11.5 Å². The summed E-state index contributed by atoms with van der Waals surface area (Å²) in [6.07, 6.45) is 8.75. The van der Waals surface area contributed by atoms with Crippen LogP contribution in [-0.2, 0) is 22.7 Å². The third-order valence-corrected chi connectivity index (χ3v) is 14.9. The highest BCUT2D eigenvalue weighted by Crippen LogP contribution is 2.62. The van der Waals surface area contributed by atoms with Crippen LogP contribution in [0.15, 0.2) is 156 Å². The highest BCUT2D eigenvalue weighted by Gasteiger charge is 2.65. The number of amides is 1. The highest BCUT2D eigenvalue weighted by molar-refractivity contribution is 7.99. The van der Waals surface area contributed by atoms with Gasteiger partial charge in [-0.3, -0.25) is 4.79 Å². The lowest BCUT2D eigenvalue weighted by atomic mass is 9.55. The van der Waals surface area contributed by atoms with Crippen molar-refractivity contribution in [1.82, 2.24) is 4.90 Å². The Morgan fingerprint density at radius 3 is 2.38 bits per heavy atom. The molecule has 1 saturated carbocycles. The lowest BCUT2D eigenvalue weighted by Gasteiger charge is -2.60. The van der Waals surface area contributed by atoms with Crippen LogP contribution in [0.3, 0.4) is 0 Å². The average molecular weight is 976 g/mol. The Morgan fingerprint density at radius 2 is 1.62 bits per heavy atom. The molecule has 2 heterocycles. The summed E-state index contributed by atoms with van der Waals surface area (Å²) in [5, 5.41) is 34.9. The Hall–Kier alpha value is -6.56. The fourth-order valence-electron chi connectivity index (χ4n) is 10.7. The molecule has 5 aromatic rings. The molecule has 1 fully saturated rings. The molecule has 0 spiro atoms. The molecule has 0 bridgehead atoms. The van der Waals surface area contributed by atoms with E-state index in [1.165, 1.54) is 4.90 Å². The number of allylic oxidation sites excluding steroid dienone is 1. The average Bonchev–Trinajstić information content (AvgIpc) is 3.88. The van der Waals surface area contributed by atoms with Crippen LogP contribution in [0.1, 0.15) is 83.5 Å². The number of unbranched alkanes of at least 4 members (excludes halogenated alkanes) is 2. The molecule has 1 amide bonds. The van der Waals surface area contributed by atoms with Crippen molar-refractivity contribution in [2.45, 2.75) is 80.7 Å². The van der Waals surface area contributed by atoms with Crippen molar-refractivity contribution < 1.29 is 43.5 Å². The van der Waals surface area contributed by atoms with Crippen LogP contribution in [-0.4, -0.2) is 77.5 Å². The van der Waals surface area contributed by atoms with Crippen LogP contribution < -0.4 is 18.9 Å². The van der Waals surface area contributed by atoms with E-state index >= 15 is 4.79 Å². The summed E-state index contributed by atoms with van der Waals surface area (Å²) in [4.78, 5) is 24.9. The quantitative estimate of drug-likeness (QED) is 0.0278. The van der Waals surface area contributed by atoms with Crippen molar-refractivity contribution >= 4 is 23.4 Å². The number of thioether (sulfide) groups is 1. The first-order valence-electron chi connectivity index (χ1n) is 24.7. The van der Waals surface area contributed by atoms with Gasteiger partial charge in [-0.25, -0.2) is 0 Å². The van der Waals surface area contributed by atoms with Crippen LogP contribution in [0.4, 0.5) is 0 Å². The van der Waals surface area contributed by atoms with Gasteiger partial charge in [0.25, 0.3) is 5.91 Å². The number of carbonyl (C=O) groups is 1. The lowest BCUT2D eigenvalue weighted by molar-refractivity contribution is -0.255. The number of carbonyl (C=O) groups excluding carboxylic acids is 1. The van der Waals surface area contributed by atoms with Gasteiger partial charge in [0.05, 0.1) is 36.5 Å². The smallest absolute Gasteiger partial charge is 0.254 e. The van der Waals surface area contributed by atoms with E-state index in [1.807, 2.05) is 83.8 Å². The standard InChI is InChI=1S/C58H61N3O9S/c1-2-29-68-58-54(61(57(64)43-22-19-40(36-59)20-23-43)37-42-21-25-52-53(32-42)67-39-66-52)35-50(60-69-38-41-13-5-3-6-14-41)48-33-44(15-9-11-27-62)47(18-10-12-28-63)55(56(48)58)49-34-45(24-26-51(49)70-58)65-30-31-71-46-16-7-4-8-17-46/h2-8,13-14,16-17,19-26,32-34,44,47,54-56,62-63H,1,9-12,15,18,27-31,35,37-39H2. The molecule has 0 aromatic heterocycles.